The first-order chi connectivity index (χ1) is 2.81. The molecule has 0 fully saturated rings. The third-order valence-electron chi connectivity index (χ3n) is 0.827. The van der Waals surface area contributed by atoms with Crippen molar-refractivity contribution in [2.75, 3.05) is 6.54 Å². The van der Waals surface area contributed by atoms with E-state index in [1.54, 1.807) is 0 Å². The molecule has 1 atom stereocenters. The molecule has 3 heteroatoms. The molecule has 7 heavy (non-hydrogen) atoms. The van der Waals surface area contributed by atoms with Crippen molar-refractivity contribution in [3.8, 4) is 0 Å². The Bertz CT molecular complexity index is 33.2. The average Bonchev–Trinajstić information content (AvgIpc) is 1.65. The summed E-state index contributed by atoms with van der Waals surface area (Å²) >= 11 is 0. The Balaban J connectivity index is -0.000000125. The van der Waals surface area contributed by atoms with E-state index in [1.807, 2.05) is 6.92 Å². The van der Waals surface area contributed by atoms with E-state index in [0.717, 1.165) is 6.42 Å². The van der Waals surface area contributed by atoms with Crippen LogP contribution in [0.3, 0.4) is 0 Å². The minimum absolute atomic E-state index is 0. The van der Waals surface area contributed by atoms with Crippen LogP contribution in [0.25, 0.3) is 0 Å². The van der Waals surface area contributed by atoms with Crippen LogP contribution in [0.2, 0.25) is 0 Å². The molecule has 0 saturated carbocycles. The first-order valence-corrected chi connectivity index (χ1v) is 2.27. The van der Waals surface area contributed by atoms with Gasteiger partial charge in [0.25, 0.3) is 0 Å². The van der Waals surface area contributed by atoms with Gasteiger partial charge >= 0.3 is 29.6 Å². The van der Waals surface area contributed by atoms with Crippen LogP contribution in [0.1, 0.15) is 14.8 Å². The summed E-state index contributed by atoms with van der Waals surface area (Å²) in [6, 6.07) is 0.213. The summed E-state index contributed by atoms with van der Waals surface area (Å²) in [4.78, 5) is 0. The molecule has 0 aromatic heterocycles. The molecule has 1 unspecified atom stereocenters. The smallest absolute Gasteiger partial charge is 1.00 e. The van der Waals surface area contributed by atoms with Gasteiger partial charge in [-0.25, -0.2) is 0 Å². The van der Waals surface area contributed by atoms with Crippen LogP contribution in [-0.4, -0.2) is 12.6 Å². The quantitative estimate of drug-likeness (QED) is 0.370. The molecule has 2 nitrogen and oxygen atoms in total. The van der Waals surface area contributed by atoms with Gasteiger partial charge in [-0.05, 0) is 6.42 Å². The summed E-state index contributed by atoms with van der Waals surface area (Å²) in [6.07, 6.45) is 0.983. The van der Waals surface area contributed by atoms with Crippen LogP contribution in [0.5, 0.6) is 0 Å². The molecule has 0 rings (SSSR count). The van der Waals surface area contributed by atoms with Crippen molar-refractivity contribution < 1.29 is 31.0 Å². The summed E-state index contributed by atoms with van der Waals surface area (Å²) in [6.45, 7) is 2.63. The van der Waals surface area contributed by atoms with E-state index in [1.165, 1.54) is 0 Å². The van der Waals surface area contributed by atoms with Crippen LogP contribution in [-0.2, 0) is 0 Å². The van der Waals surface area contributed by atoms with Crippen LogP contribution < -0.4 is 41.0 Å². The van der Waals surface area contributed by atoms with Crippen LogP contribution in [0, 0.1) is 0 Å². The van der Waals surface area contributed by atoms with Crippen LogP contribution >= 0.6 is 0 Å². The second-order valence-electron chi connectivity index (χ2n) is 1.40. The van der Waals surface area contributed by atoms with Gasteiger partial charge in [0.05, 0.1) is 0 Å². The topological polar surface area (TPSA) is 52.0 Å². The SMILES string of the molecule is CCC(N)CN.[H-].[Na+]. The van der Waals surface area contributed by atoms with Gasteiger partial charge in [0.2, 0.25) is 0 Å². The van der Waals surface area contributed by atoms with Gasteiger partial charge in [-0.1, -0.05) is 6.92 Å². The van der Waals surface area contributed by atoms with Crippen molar-refractivity contribution in [2.24, 2.45) is 11.5 Å². The maximum atomic E-state index is 5.35. The van der Waals surface area contributed by atoms with Gasteiger partial charge in [-0.15, -0.1) is 0 Å². The molecule has 0 amide bonds. The zero-order valence-electron chi connectivity index (χ0n) is 6.15. The fourth-order valence-electron chi connectivity index (χ4n) is 0.167. The average molecular weight is 112 g/mol. The molecule has 0 aliphatic carbocycles. The van der Waals surface area contributed by atoms with E-state index in [0.29, 0.717) is 6.54 Å². The molecule has 0 aliphatic heterocycles. The first-order valence-electron chi connectivity index (χ1n) is 2.27. The molecular formula is C4H13N2Na. The zero-order chi connectivity index (χ0) is 4.99. The number of hydrogen-bond donors (Lipinski definition) is 2. The molecule has 0 bridgehead atoms. The zero-order valence-corrected chi connectivity index (χ0v) is 7.15. The molecule has 0 aromatic rings. The largest absolute Gasteiger partial charge is 1.00 e. The van der Waals surface area contributed by atoms with E-state index in [9.17, 15) is 0 Å². The van der Waals surface area contributed by atoms with Gasteiger partial charge in [0.15, 0.2) is 0 Å². The van der Waals surface area contributed by atoms with E-state index < -0.39 is 0 Å². The Morgan fingerprint density at radius 1 is 1.71 bits per heavy atom. The normalized spacial score (nSPS) is 12.4. The van der Waals surface area contributed by atoms with E-state index in [4.69, 9.17) is 11.5 Å². The van der Waals surface area contributed by atoms with Crippen molar-refractivity contribution in [3.63, 3.8) is 0 Å². The Morgan fingerprint density at radius 3 is 2.14 bits per heavy atom. The fraction of sp³-hybridized carbons (Fsp3) is 1.00. The maximum absolute atomic E-state index is 5.35. The monoisotopic (exact) mass is 112 g/mol. The first kappa shape index (κ1) is 10.8. The second-order valence-corrected chi connectivity index (χ2v) is 1.40. The van der Waals surface area contributed by atoms with Crippen LogP contribution in [0.15, 0.2) is 0 Å². The molecule has 0 spiro atoms. The third-order valence-corrected chi connectivity index (χ3v) is 0.827. The van der Waals surface area contributed by atoms with Crippen molar-refractivity contribution >= 4 is 0 Å². The van der Waals surface area contributed by atoms with Crippen LogP contribution in [0.4, 0.5) is 0 Å². The molecule has 4 N–H and O–H groups in total. The molecule has 40 valence electrons. The Hall–Kier alpha value is 0.920. The van der Waals surface area contributed by atoms with E-state index in [-0.39, 0.29) is 37.0 Å². The Morgan fingerprint density at radius 2 is 2.14 bits per heavy atom. The van der Waals surface area contributed by atoms with Crippen molar-refractivity contribution in [1.82, 2.24) is 0 Å². The minimum Gasteiger partial charge on any atom is -1.00 e. The number of hydrogen-bond acceptors (Lipinski definition) is 2. The van der Waals surface area contributed by atoms with Gasteiger partial charge in [-0.2, -0.15) is 0 Å². The molecule has 0 saturated heterocycles. The van der Waals surface area contributed by atoms with E-state index in [2.05, 4.69) is 0 Å². The van der Waals surface area contributed by atoms with Crippen molar-refractivity contribution in [2.45, 2.75) is 19.4 Å². The standard InChI is InChI=1S/C4H12N2.Na.H/c1-2-4(6)3-5;;/h4H,2-3,5-6H2,1H3;;/q;+1;-1. The summed E-state index contributed by atoms with van der Waals surface area (Å²) < 4.78 is 0. The van der Waals surface area contributed by atoms with Crippen molar-refractivity contribution in [1.29, 1.82) is 0 Å². The van der Waals surface area contributed by atoms with Gasteiger partial charge in [0, 0.05) is 12.6 Å². The predicted octanol–water partition coefficient (Wildman–Crippen LogP) is -3.20. The molecule has 0 heterocycles. The minimum atomic E-state index is 0. The summed E-state index contributed by atoms with van der Waals surface area (Å²) in [5.74, 6) is 0. The predicted molar refractivity (Wildman–Crippen MR) is 28.4 cm³/mol. The molecule has 0 radical (unpaired) electrons. The summed E-state index contributed by atoms with van der Waals surface area (Å²) in [7, 11) is 0. The van der Waals surface area contributed by atoms with Gasteiger partial charge in [0.1, 0.15) is 0 Å². The van der Waals surface area contributed by atoms with Gasteiger partial charge < -0.3 is 12.9 Å². The molecular weight excluding hydrogens is 99.0 g/mol. The summed E-state index contributed by atoms with van der Waals surface area (Å²) in [5.41, 5.74) is 10.5. The molecule has 0 aromatic carbocycles. The van der Waals surface area contributed by atoms with Crippen molar-refractivity contribution in [3.05, 3.63) is 0 Å². The second kappa shape index (κ2) is 6.92. The number of rotatable bonds is 2. The van der Waals surface area contributed by atoms with E-state index >= 15 is 0 Å². The van der Waals surface area contributed by atoms with Gasteiger partial charge in [-0.3, -0.25) is 0 Å². The number of nitrogens with two attached hydrogens (primary N) is 2. The Kier molecular flexibility index (Phi) is 10.7. The summed E-state index contributed by atoms with van der Waals surface area (Å²) in [5, 5.41) is 0. The Labute approximate surface area is 68.4 Å². The third kappa shape index (κ3) is 6.92. The molecule has 0 aliphatic rings. The maximum Gasteiger partial charge on any atom is 1.00 e. The fourth-order valence-corrected chi connectivity index (χ4v) is 0.167.